The topological polar surface area (TPSA) is 187 Å². The summed E-state index contributed by atoms with van der Waals surface area (Å²) < 4.78 is 34.0. The van der Waals surface area contributed by atoms with Crippen molar-refractivity contribution in [2.45, 2.75) is 85.0 Å². The van der Waals surface area contributed by atoms with Gasteiger partial charge in [0.1, 0.15) is 24.4 Å². The Morgan fingerprint density at radius 1 is 0.731 bits per heavy atom. The zero-order valence-corrected chi connectivity index (χ0v) is 47.0. The fourth-order valence-electron chi connectivity index (χ4n) is 8.94. The molecule has 6 rings (SSSR count). The van der Waals surface area contributed by atoms with Crippen molar-refractivity contribution >= 4 is 46.1 Å². The van der Waals surface area contributed by atoms with Crippen LogP contribution >= 0.6 is 11.3 Å². The van der Waals surface area contributed by atoms with Crippen molar-refractivity contribution in [2.75, 3.05) is 92.8 Å². The van der Waals surface area contributed by atoms with Crippen LogP contribution < -0.4 is 15.4 Å². The minimum atomic E-state index is -0.932. The number of benzene rings is 4. The minimum absolute atomic E-state index is 0.00694. The van der Waals surface area contributed by atoms with Crippen molar-refractivity contribution in [3.63, 3.8) is 0 Å². The van der Waals surface area contributed by atoms with E-state index in [4.69, 9.17) is 28.4 Å². The van der Waals surface area contributed by atoms with Crippen molar-refractivity contribution in [1.29, 1.82) is 0 Å². The van der Waals surface area contributed by atoms with Gasteiger partial charge in [-0.25, -0.2) is 4.98 Å². The molecule has 1 fully saturated rings. The molecule has 420 valence electrons. The first-order valence-electron chi connectivity index (χ1n) is 27.0. The third-order valence-electron chi connectivity index (χ3n) is 13.2. The average Bonchev–Trinajstić information content (AvgIpc) is 4.10. The van der Waals surface area contributed by atoms with E-state index in [9.17, 15) is 24.3 Å². The summed E-state index contributed by atoms with van der Waals surface area (Å²) in [5, 5.41) is 16.3. The van der Waals surface area contributed by atoms with Crippen LogP contribution in [0.1, 0.15) is 81.3 Å². The highest BCUT2D eigenvalue weighted by atomic mass is 32.1. The predicted octanol–water partition coefficient (Wildman–Crippen LogP) is 8.00. The third-order valence-corrected chi connectivity index (χ3v) is 14.2. The van der Waals surface area contributed by atoms with Crippen LogP contribution in [0.4, 0.5) is 0 Å². The lowest BCUT2D eigenvalue weighted by atomic mass is 9.85. The van der Waals surface area contributed by atoms with Crippen LogP contribution in [0.15, 0.2) is 115 Å². The molecule has 1 aliphatic heterocycles. The Labute approximate surface area is 464 Å². The highest BCUT2D eigenvalue weighted by molar-refractivity contribution is 7.13. The maximum atomic E-state index is 14.0. The molecule has 5 aromatic rings. The second-order valence-electron chi connectivity index (χ2n) is 20.1. The number of allylic oxidation sites excluding steroid dienone is 1. The number of amides is 4. The molecule has 0 aliphatic carbocycles. The van der Waals surface area contributed by atoms with Gasteiger partial charge in [-0.05, 0) is 69.9 Å². The first kappa shape index (κ1) is 60.9. The highest BCUT2D eigenvalue weighted by Gasteiger charge is 2.44. The number of β-amino-alcohol motifs (C(OH)–C–C–N with tert-alkyl or cyclic N) is 1. The average molecular weight is 1090 g/mol. The molecule has 78 heavy (non-hydrogen) atoms. The van der Waals surface area contributed by atoms with Crippen LogP contribution in [0, 0.1) is 12.3 Å². The van der Waals surface area contributed by atoms with Gasteiger partial charge < -0.3 is 54.0 Å². The zero-order valence-electron chi connectivity index (χ0n) is 46.2. The number of nitrogens with one attached hydrogen (secondary N) is 2. The summed E-state index contributed by atoms with van der Waals surface area (Å²) in [5.41, 5.74) is 10.0. The summed E-state index contributed by atoms with van der Waals surface area (Å²) in [6.07, 6.45) is 0.408. The van der Waals surface area contributed by atoms with Gasteiger partial charge in [0, 0.05) is 33.0 Å². The summed E-state index contributed by atoms with van der Waals surface area (Å²) in [6, 6.07) is 35.2. The molecular formula is C61H79N5O11S. The van der Waals surface area contributed by atoms with Crippen LogP contribution in [-0.4, -0.2) is 155 Å². The summed E-state index contributed by atoms with van der Waals surface area (Å²) in [6.45, 7) is 14.0. The number of aliphatic hydroxyl groups is 1. The number of aliphatic hydroxyl groups excluding tert-OH is 1. The number of aromatic nitrogens is 1. The number of carbonyl (C=O) groups is 4. The molecule has 3 atom stereocenters. The van der Waals surface area contributed by atoms with E-state index in [0.717, 1.165) is 45.0 Å². The molecule has 0 saturated carbocycles. The predicted molar refractivity (Wildman–Crippen MR) is 304 cm³/mol. The molecule has 2 heterocycles. The number of aryl methyl sites for hydroxylation is 1. The maximum Gasteiger partial charge on any atom is 0.246 e. The molecule has 0 radical (unpaired) electrons. The number of rotatable bonds is 32. The lowest BCUT2D eigenvalue weighted by Gasteiger charge is -2.35. The molecule has 0 unspecified atom stereocenters. The smallest absolute Gasteiger partial charge is 0.246 e. The quantitative estimate of drug-likeness (QED) is 0.0279. The fraction of sp³-hybridized carbons (Fsp3) is 0.459. The van der Waals surface area contributed by atoms with Crippen LogP contribution in [-0.2, 0) is 49.4 Å². The number of carbonyl (C=O) groups excluding carboxylic acids is 4. The van der Waals surface area contributed by atoms with Gasteiger partial charge in [-0.3, -0.25) is 19.2 Å². The Morgan fingerprint density at radius 3 is 1.83 bits per heavy atom. The van der Waals surface area contributed by atoms with Gasteiger partial charge in [0.05, 0.1) is 101 Å². The van der Waals surface area contributed by atoms with Crippen LogP contribution in [0.25, 0.3) is 21.6 Å². The Balaban J connectivity index is 0.753. The monoisotopic (exact) mass is 1090 g/mol. The largest absolute Gasteiger partial charge is 0.492 e. The summed E-state index contributed by atoms with van der Waals surface area (Å²) in [4.78, 5) is 61.6. The minimum Gasteiger partial charge on any atom is -0.492 e. The van der Waals surface area contributed by atoms with Crippen LogP contribution in [0.5, 0.6) is 5.75 Å². The van der Waals surface area contributed by atoms with Gasteiger partial charge in [-0.1, -0.05) is 125 Å². The van der Waals surface area contributed by atoms with Gasteiger partial charge in [0.2, 0.25) is 23.6 Å². The summed E-state index contributed by atoms with van der Waals surface area (Å²) in [5.74, 6) is -0.436. The lowest BCUT2D eigenvalue weighted by molar-refractivity contribution is -0.144. The van der Waals surface area contributed by atoms with Gasteiger partial charge in [0.15, 0.2) is 0 Å². The van der Waals surface area contributed by atoms with E-state index in [-0.39, 0.29) is 63.3 Å². The Kier molecular flexibility index (Phi) is 24.9. The van der Waals surface area contributed by atoms with Gasteiger partial charge in [-0.15, -0.1) is 11.3 Å². The summed E-state index contributed by atoms with van der Waals surface area (Å²) in [7, 11) is 1.77. The molecule has 3 N–H and O–H groups in total. The van der Waals surface area contributed by atoms with E-state index in [1.54, 1.807) is 23.3 Å². The van der Waals surface area contributed by atoms with E-state index >= 15 is 0 Å². The van der Waals surface area contributed by atoms with E-state index in [2.05, 4.69) is 83.2 Å². The molecule has 0 bridgehead atoms. The molecule has 16 nitrogen and oxygen atoms in total. The number of hydrogen-bond acceptors (Lipinski definition) is 13. The first-order chi connectivity index (χ1) is 37.7. The first-order valence-corrected chi connectivity index (χ1v) is 27.9. The van der Waals surface area contributed by atoms with Crippen LogP contribution in [0.2, 0.25) is 0 Å². The molecular weight excluding hydrogens is 1010 g/mol. The summed E-state index contributed by atoms with van der Waals surface area (Å²) >= 11 is 1.57. The Morgan fingerprint density at radius 2 is 1.28 bits per heavy atom. The van der Waals surface area contributed by atoms with Crippen molar-refractivity contribution in [3.05, 3.63) is 143 Å². The Hall–Kier alpha value is -6.31. The third kappa shape index (κ3) is 19.3. The molecule has 17 heteroatoms. The number of likely N-dealkylation sites (tertiary alicyclic amines) is 1. The van der Waals surface area contributed by atoms with E-state index in [1.807, 2.05) is 81.7 Å². The number of hydrogen-bond donors (Lipinski definition) is 3. The molecule has 1 aromatic heterocycles. The standard InChI is InChI=1S/C61H79N5O11S/c1-7-52(46-14-10-8-11-15-46)56(47-16-12-9-13-17-47)48-22-24-51(25-23-48)77-31-28-65(6)55(69)27-30-73-33-35-75-37-39-76-38-36-74-34-32-72-29-26-54(68)64-58(61(3,4)5)60(71)66-42-50(67)40-53(66)59(70)62-41-45-18-20-49(21-19-45)57-44(2)63-43-78-57/h8-25,43,50,53,58,67H,7,26-42H2,1-6H3,(H,62,70)(H,64,68)/b56-52-/t50-,53+,58-/m1/s1. The van der Waals surface area contributed by atoms with E-state index in [1.165, 1.54) is 21.6 Å². The van der Waals surface area contributed by atoms with Crippen molar-refractivity contribution in [1.82, 2.24) is 25.4 Å². The molecule has 1 aliphatic rings. The molecule has 4 amide bonds. The SMILES string of the molecule is CC/C(=C(\c1ccccc1)c1ccc(OCCN(C)C(=O)CCOCCOCCOCCOCCOCCC(=O)N[C@H](C(=O)N2C[C@H](O)C[C@H]2C(=O)NCc2ccc(-c3scnc3C)cc2)C(C)(C)C)cc1)c1ccccc1. The Bertz CT molecular complexity index is 2640. The number of nitrogens with zero attached hydrogens (tertiary/aromatic N) is 3. The number of likely N-dealkylation sites (N-methyl/N-ethyl adjacent to an activating group) is 1. The van der Waals surface area contributed by atoms with Crippen molar-refractivity contribution < 1.29 is 52.7 Å². The second kappa shape index (κ2) is 31.9. The molecule has 0 spiro atoms. The second-order valence-corrected chi connectivity index (χ2v) is 21.0. The number of ether oxygens (including phenoxy) is 6. The van der Waals surface area contributed by atoms with Gasteiger partial charge in [0.25, 0.3) is 0 Å². The number of thiazole rings is 1. The van der Waals surface area contributed by atoms with E-state index < -0.39 is 29.5 Å². The zero-order chi connectivity index (χ0) is 55.7. The molecule has 1 saturated heterocycles. The van der Waals surface area contributed by atoms with Crippen molar-refractivity contribution in [2.24, 2.45) is 5.41 Å². The normalized spacial score (nSPS) is 15.1. The van der Waals surface area contributed by atoms with E-state index in [0.29, 0.717) is 66.0 Å². The maximum absolute atomic E-state index is 14.0. The molecule has 4 aromatic carbocycles. The lowest BCUT2D eigenvalue weighted by Crippen LogP contribution is -2.57. The van der Waals surface area contributed by atoms with Gasteiger partial charge in [-0.2, -0.15) is 0 Å². The highest BCUT2D eigenvalue weighted by Crippen LogP contribution is 2.35. The van der Waals surface area contributed by atoms with Crippen LogP contribution in [0.3, 0.4) is 0 Å². The van der Waals surface area contributed by atoms with Crippen molar-refractivity contribution in [3.8, 4) is 16.2 Å². The fourth-order valence-corrected chi connectivity index (χ4v) is 9.75. The van der Waals surface area contributed by atoms with Gasteiger partial charge >= 0.3 is 0 Å².